The Morgan fingerprint density at radius 1 is 1.12 bits per heavy atom. The van der Waals surface area contributed by atoms with Crippen molar-refractivity contribution in [3.63, 3.8) is 0 Å². The average molecular weight is 460 g/mol. The first-order chi connectivity index (χ1) is 16.2. The third-order valence-electron chi connectivity index (χ3n) is 7.19. The van der Waals surface area contributed by atoms with Crippen molar-refractivity contribution in [1.29, 1.82) is 0 Å². The van der Waals surface area contributed by atoms with Crippen LogP contribution in [0.1, 0.15) is 76.4 Å². The number of carbonyl (C=O) groups is 1. The monoisotopic (exact) mass is 459 g/mol. The molecular formula is C27H45N3O3. The summed E-state index contributed by atoms with van der Waals surface area (Å²) in [7, 11) is 0. The predicted molar refractivity (Wildman–Crippen MR) is 133 cm³/mol. The molecule has 1 heterocycles. The smallest absolute Gasteiger partial charge is 0.317 e. The highest BCUT2D eigenvalue weighted by Crippen LogP contribution is 2.33. The summed E-state index contributed by atoms with van der Waals surface area (Å²) in [4.78, 5) is 15.1. The van der Waals surface area contributed by atoms with Gasteiger partial charge in [-0.3, -0.25) is 0 Å². The fraction of sp³-hybridized carbons (Fsp3) is 0.741. The van der Waals surface area contributed by atoms with E-state index < -0.39 is 0 Å². The number of likely N-dealkylation sites (tertiary alicyclic amines) is 1. The lowest BCUT2D eigenvalue weighted by atomic mass is 9.85. The van der Waals surface area contributed by atoms with Crippen LogP contribution in [0.15, 0.2) is 30.3 Å². The van der Waals surface area contributed by atoms with Crippen LogP contribution in [-0.2, 0) is 9.47 Å². The molecule has 2 aliphatic rings. The van der Waals surface area contributed by atoms with Crippen molar-refractivity contribution in [2.75, 3.05) is 39.5 Å². The number of urea groups is 1. The molecule has 1 aliphatic heterocycles. The molecule has 1 saturated heterocycles. The second-order valence-corrected chi connectivity index (χ2v) is 9.72. The van der Waals surface area contributed by atoms with E-state index in [1.54, 1.807) is 0 Å². The van der Waals surface area contributed by atoms with Gasteiger partial charge in [-0.2, -0.15) is 0 Å². The summed E-state index contributed by atoms with van der Waals surface area (Å²) >= 11 is 0. The Balaban J connectivity index is 1.56. The Bertz CT molecular complexity index is 666. The van der Waals surface area contributed by atoms with Gasteiger partial charge < -0.3 is 25.4 Å². The van der Waals surface area contributed by atoms with E-state index in [-0.39, 0.29) is 24.1 Å². The zero-order valence-electron chi connectivity index (χ0n) is 20.6. The van der Waals surface area contributed by atoms with Crippen LogP contribution in [0.5, 0.6) is 0 Å². The van der Waals surface area contributed by atoms with Crippen LogP contribution in [0.25, 0.3) is 0 Å². The molecule has 1 unspecified atom stereocenters. The van der Waals surface area contributed by atoms with Crippen molar-refractivity contribution in [1.82, 2.24) is 10.2 Å². The van der Waals surface area contributed by atoms with Crippen LogP contribution in [0.3, 0.4) is 0 Å². The molecule has 3 atom stereocenters. The van der Waals surface area contributed by atoms with Gasteiger partial charge in [-0.15, -0.1) is 0 Å². The lowest BCUT2D eigenvalue weighted by molar-refractivity contribution is -0.0184. The molecule has 6 heteroatoms. The summed E-state index contributed by atoms with van der Waals surface area (Å²) in [6, 6.07) is 10.6. The van der Waals surface area contributed by atoms with E-state index in [1.807, 2.05) is 17.9 Å². The molecule has 0 radical (unpaired) electrons. The lowest BCUT2D eigenvalue weighted by Crippen LogP contribution is -2.51. The number of benzene rings is 1. The molecule has 1 aromatic carbocycles. The van der Waals surface area contributed by atoms with Gasteiger partial charge in [0, 0.05) is 51.4 Å². The number of nitrogens with one attached hydrogen (secondary N) is 1. The van der Waals surface area contributed by atoms with Gasteiger partial charge in [-0.1, -0.05) is 62.4 Å². The first-order valence-electron chi connectivity index (χ1n) is 13.2. The van der Waals surface area contributed by atoms with Crippen LogP contribution >= 0.6 is 0 Å². The van der Waals surface area contributed by atoms with E-state index in [0.29, 0.717) is 19.1 Å². The topological polar surface area (TPSA) is 76.8 Å². The second kappa shape index (κ2) is 14.6. The third kappa shape index (κ3) is 8.58. The maximum absolute atomic E-state index is 13.1. The van der Waals surface area contributed by atoms with E-state index in [2.05, 4.69) is 29.6 Å². The number of carbonyl (C=O) groups excluding carboxylic acids is 1. The SMILES string of the molecule is CCOCCCOC(c1ccccc1)[C@@H]1CCCN(C(=O)N[C@H](CN)CC2CCCCC2)C1. The van der Waals surface area contributed by atoms with E-state index in [9.17, 15) is 4.79 Å². The Kier molecular flexibility index (Phi) is 11.5. The fourth-order valence-corrected chi connectivity index (χ4v) is 5.41. The van der Waals surface area contributed by atoms with E-state index in [4.69, 9.17) is 15.2 Å². The first-order valence-corrected chi connectivity index (χ1v) is 13.2. The molecule has 2 fully saturated rings. The van der Waals surface area contributed by atoms with Gasteiger partial charge in [0.2, 0.25) is 0 Å². The Morgan fingerprint density at radius 3 is 2.64 bits per heavy atom. The van der Waals surface area contributed by atoms with Crippen molar-refractivity contribution < 1.29 is 14.3 Å². The molecule has 33 heavy (non-hydrogen) atoms. The molecule has 3 rings (SSSR count). The number of amides is 2. The summed E-state index contributed by atoms with van der Waals surface area (Å²) in [5.41, 5.74) is 7.24. The van der Waals surface area contributed by atoms with Gasteiger partial charge >= 0.3 is 6.03 Å². The summed E-state index contributed by atoms with van der Waals surface area (Å²) in [6.07, 6.45) is 10.5. The number of hydrogen-bond donors (Lipinski definition) is 2. The summed E-state index contributed by atoms with van der Waals surface area (Å²) < 4.78 is 11.9. The Morgan fingerprint density at radius 2 is 1.91 bits per heavy atom. The molecule has 1 saturated carbocycles. The highest BCUT2D eigenvalue weighted by atomic mass is 16.5. The molecule has 6 nitrogen and oxygen atoms in total. The zero-order chi connectivity index (χ0) is 23.3. The van der Waals surface area contributed by atoms with Crippen LogP contribution in [0.4, 0.5) is 4.79 Å². The van der Waals surface area contributed by atoms with Crippen LogP contribution < -0.4 is 11.1 Å². The van der Waals surface area contributed by atoms with Crippen molar-refractivity contribution in [2.24, 2.45) is 17.6 Å². The quantitative estimate of drug-likeness (QED) is 0.436. The number of piperidine rings is 1. The van der Waals surface area contributed by atoms with Crippen LogP contribution in [0.2, 0.25) is 0 Å². The van der Waals surface area contributed by atoms with Crippen LogP contribution in [0, 0.1) is 11.8 Å². The normalized spacial score (nSPS) is 21.5. The summed E-state index contributed by atoms with van der Waals surface area (Å²) in [5, 5.41) is 3.25. The summed E-state index contributed by atoms with van der Waals surface area (Å²) in [6.45, 7) is 6.16. The zero-order valence-corrected chi connectivity index (χ0v) is 20.6. The number of hydrogen-bond acceptors (Lipinski definition) is 4. The Hall–Kier alpha value is -1.63. The van der Waals surface area contributed by atoms with E-state index >= 15 is 0 Å². The number of rotatable bonds is 12. The molecule has 186 valence electrons. The minimum Gasteiger partial charge on any atom is -0.382 e. The van der Waals surface area contributed by atoms with Gasteiger partial charge in [-0.25, -0.2) is 4.79 Å². The Labute approximate surface area is 200 Å². The van der Waals surface area contributed by atoms with Gasteiger partial charge in [0.1, 0.15) is 0 Å². The van der Waals surface area contributed by atoms with Gasteiger partial charge in [0.25, 0.3) is 0 Å². The largest absolute Gasteiger partial charge is 0.382 e. The molecule has 0 bridgehead atoms. The van der Waals surface area contributed by atoms with Crippen molar-refractivity contribution in [3.05, 3.63) is 35.9 Å². The highest BCUT2D eigenvalue weighted by molar-refractivity contribution is 5.74. The molecular weight excluding hydrogens is 414 g/mol. The predicted octanol–water partition coefficient (Wildman–Crippen LogP) is 4.89. The standard InChI is InChI=1S/C27H45N3O3/c1-2-32-17-10-18-33-26(23-13-7-4-8-14-23)24-15-9-16-30(21-24)27(31)29-25(20-28)19-22-11-5-3-6-12-22/h4,7-8,13-14,22,24-26H,2-3,5-6,9-12,15-21,28H2,1H3,(H,29,31)/t24-,25+,26?/m1/s1. The molecule has 0 spiro atoms. The molecule has 3 N–H and O–H groups in total. The molecule has 2 amide bonds. The van der Waals surface area contributed by atoms with Crippen LogP contribution in [-0.4, -0.2) is 56.4 Å². The lowest BCUT2D eigenvalue weighted by Gasteiger charge is -2.38. The molecule has 1 aliphatic carbocycles. The van der Waals surface area contributed by atoms with E-state index in [1.165, 1.54) is 37.7 Å². The van der Waals surface area contributed by atoms with Gasteiger partial charge in [0.05, 0.1) is 6.10 Å². The molecule has 1 aromatic rings. The number of ether oxygens (including phenoxy) is 2. The van der Waals surface area contributed by atoms with Gasteiger partial charge in [0.15, 0.2) is 0 Å². The minimum absolute atomic E-state index is 0.00373. The molecule has 0 aromatic heterocycles. The second-order valence-electron chi connectivity index (χ2n) is 9.72. The third-order valence-corrected chi connectivity index (χ3v) is 7.19. The average Bonchev–Trinajstić information content (AvgIpc) is 2.87. The van der Waals surface area contributed by atoms with E-state index in [0.717, 1.165) is 52.0 Å². The number of nitrogens with zero attached hydrogens (tertiary/aromatic N) is 1. The maximum Gasteiger partial charge on any atom is 0.317 e. The van der Waals surface area contributed by atoms with Gasteiger partial charge in [-0.05, 0) is 44.1 Å². The number of nitrogens with two attached hydrogens (primary N) is 1. The highest BCUT2D eigenvalue weighted by Gasteiger charge is 2.32. The van der Waals surface area contributed by atoms with Crippen molar-refractivity contribution in [2.45, 2.75) is 76.9 Å². The summed E-state index contributed by atoms with van der Waals surface area (Å²) in [5.74, 6) is 0.989. The minimum atomic E-state index is -0.00373. The first kappa shape index (κ1) is 26.0. The van der Waals surface area contributed by atoms with Crippen molar-refractivity contribution >= 4 is 6.03 Å². The van der Waals surface area contributed by atoms with Crippen molar-refractivity contribution in [3.8, 4) is 0 Å². The maximum atomic E-state index is 13.1. The fourth-order valence-electron chi connectivity index (χ4n) is 5.41.